The fourth-order valence-electron chi connectivity index (χ4n) is 3.76. The Morgan fingerprint density at radius 2 is 2.00 bits per heavy atom. The summed E-state index contributed by atoms with van der Waals surface area (Å²) < 4.78 is 7.54. The Bertz CT molecular complexity index is 738. The molecule has 2 aromatic rings. The topological polar surface area (TPSA) is 73.9 Å². The van der Waals surface area contributed by atoms with Crippen LogP contribution >= 0.6 is 24.0 Å². The Labute approximate surface area is 190 Å². The molecule has 0 spiro atoms. The maximum atomic E-state index is 5.71. The SMILES string of the molecule is CN=C(NCC(c1cnn(C)c1)N(C)C)NCC(c1ccco1)N1CCCC1.I. The average molecular weight is 515 g/mol. The molecule has 0 saturated carbocycles. The van der Waals surface area contributed by atoms with Gasteiger partial charge in [-0.1, -0.05) is 0 Å². The van der Waals surface area contributed by atoms with E-state index in [0.717, 1.165) is 37.9 Å². The Kier molecular flexibility index (Phi) is 9.44. The van der Waals surface area contributed by atoms with Gasteiger partial charge in [0.2, 0.25) is 0 Å². The van der Waals surface area contributed by atoms with Crippen LogP contribution in [0.1, 0.15) is 36.2 Å². The van der Waals surface area contributed by atoms with E-state index in [9.17, 15) is 0 Å². The van der Waals surface area contributed by atoms with E-state index in [2.05, 4.69) is 56.9 Å². The number of hydrogen-bond donors (Lipinski definition) is 2. The maximum Gasteiger partial charge on any atom is 0.191 e. The summed E-state index contributed by atoms with van der Waals surface area (Å²) in [5, 5.41) is 11.2. The van der Waals surface area contributed by atoms with Gasteiger partial charge in [-0.3, -0.25) is 14.6 Å². The molecule has 9 heteroatoms. The molecule has 0 bridgehead atoms. The average Bonchev–Trinajstić information content (AvgIpc) is 3.43. The van der Waals surface area contributed by atoms with E-state index in [1.807, 2.05) is 31.0 Å². The number of aromatic nitrogens is 2. The molecule has 2 unspecified atom stereocenters. The van der Waals surface area contributed by atoms with Crippen molar-refractivity contribution in [3.8, 4) is 0 Å². The summed E-state index contributed by atoms with van der Waals surface area (Å²) >= 11 is 0. The fourth-order valence-corrected chi connectivity index (χ4v) is 3.76. The van der Waals surface area contributed by atoms with Crippen LogP contribution in [0.15, 0.2) is 40.2 Å². The van der Waals surface area contributed by atoms with Crippen LogP contribution in [-0.2, 0) is 7.05 Å². The van der Waals surface area contributed by atoms with E-state index in [-0.39, 0.29) is 36.1 Å². The molecule has 2 N–H and O–H groups in total. The van der Waals surface area contributed by atoms with Gasteiger partial charge >= 0.3 is 0 Å². The third kappa shape index (κ3) is 6.45. The predicted octanol–water partition coefficient (Wildman–Crippen LogP) is 2.24. The number of aryl methyl sites for hydroxylation is 1. The van der Waals surface area contributed by atoms with Gasteiger partial charge in [-0.05, 0) is 52.2 Å². The Morgan fingerprint density at radius 3 is 2.55 bits per heavy atom. The smallest absolute Gasteiger partial charge is 0.191 e. The summed E-state index contributed by atoms with van der Waals surface area (Å²) in [5.41, 5.74) is 1.18. The number of rotatable bonds is 8. The molecule has 1 fully saturated rings. The van der Waals surface area contributed by atoms with Crippen LogP contribution in [0.3, 0.4) is 0 Å². The normalized spacial score (nSPS) is 17.2. The van der Waals surface area contributed by atoms with Crippen molar-refractivity contribution >= 4 is 29.9 Å². The number of halogens is 1. The number of nitrogens with one attached hydrogen (secondary N) is 2. The Balaban J connectivity index is 0.00000300. The zero-order valence-corrected chi connectivity index (χ0v) is 20.2. The zero-order chi connectivity index (χ0) is 19.9. The maximum absolute atomic E-state index is 5.71. The van der Waals surface area contributed by atoms with Crippen LogP contribution < -0.4 is 10.6 Å². The van der Waals surface area contributed by atoms with Crippen molar-refractivity contribution in [2.45, 2.75) is 24.9 Å². The third-order valence-corrected chi connectivity index (χ3v) is 5.34. The minimum atomic E-state index is 0. The largest absolute Gasteiger partial charge is 0.468 e. The number of furan rings is 1. The molecule has 162 valence electrons. The molecule has 1 saturated heterocycles. The molecule has 2 aromatic heterocycles. The minimum absolute atomic E-state index is 0. The second-order valence-corrected chi connectivity index (χ2v) is 7.54. The number of likely N-dealkylation sites (N-methyl/N-ethyl adjacent to an activating group) is 1. The summed E-state index contributed by atoms with van der Waals surface area (Å²) in [6.07, 6.45) is 8.23. The number of likely N-dealkylation sites (tertiary alicyclic amines) is 1. The standard InChI is InChI=1S/C20H33N7O.HI/c1-21-20(22-13-17(25(2)3)16-12-24-26(4)15-16)23-14-18(19-8-7-11-28-19)27-9-5-6-10-27;/h7-8,11-12,15,17-18H,5-6,9-10,13-14H2,1-4H3,(H2,21,22,23);1H. The predicted molar refractivity (Wildman–Crippen MR) is 127 cm³/mol. The number of aliphatic imine (C=N–C) groups is 1. The quantitative estimate of drug-likeness (QED) is 0.319. The molecular formula is C20H34IN7O. The van der Waals surface area contributed by atoms with Gasteiger partial charge in [-0.15, -0.1) is 24.0 Å². The van der Waals surface area contributed by atoms with E-state index in [4.69, 9.17) is 4.42 Å². The molecule has 0 aromatic carbocycles. The van der Waals surface area contributed by atoms with Crippen molar-refractivity contribution in [1.29, 1.82) is 0 Å². The van der Waals surface area contributed by atoms with E-state index in [1.165, 1.54) is 18.4 Å². The van der Waals surface area contributed by atoms with Crippen LogP contribution in [0, 0.1) is 0 Å². The first kappa shape index (κ1) is 23.7. The van der Waals surface area contributed by atoms with E-state index in [0.29, 0.717) is 0 Å². The highest BCUT2D eigenvalue weighted by molar-refractivity contribution is 14.0. The van der Waals surface area contributed by atoms with Crippen molar-refractivity contribution in [2.75, 3.05) is 47.3 Å². The molecule has 0 amide bonds. The second-order valence-electron chi connectivity index (χ2n) is 7.54. The lowest BCUT2D eigenvalue weighted by Gasteiger charge is -2.28. The molecule has 2 atom stereocenters. The highest BCUT2D eigenvalue weighted by Crippen LogP contribution is 2.24. The first-order chi connectivity index (χ1) is 13.6. The van der Waals surface area contributed by atoms with Gasteiger partial charge in [0.15, 0.2) is 5.96 Å². The van der Waals surface area contributed by atoms with Crippen LogP contribution in [0.2, 0.25) is 0 Å². The van der Waals surface area contributed by atoms with Gasteiger partial charge in [0.25, 0.3) is 0 Å². The summed E-state index contributed by atoms with van der Waals surface area (Å²) in [7, 11) is 7.91. The summed E-state index contributed by atoms with van der Waals surface area (Å²) in [4.78, 5) is 9.08. The number of nitrogens with zero attached hydrogens (tertiary/aromatic N) is 5. The van der Waals surface area contributed by atoms with Crippen LogP contribution in [-0.4, -0.2) is 72.9 Å². The number of hydrogen-bond acceptors (Lipinski definition) is 5. The summed E-state index contributed by atoms with van der Waals surface area (Å²) in [6, 6.07) is 4.46. The van der Waals surface area contributed by atoms with E-state index >= 15 is 0 Å². The highest BCUT2D eigenvalue weighted by atomic mass is 127. The molecule has 8 nitrogen and oxygen atoms in total. The van der Waals surface area contributed by atoms with Crippen molar-refractivity contribution in [1.82, 2.24) is 30.2 Å². The second kappa shape index (κ2) is 11.6. The summed E-state index contributed by atoms with van der Waals surface area (Å²) in [5.74, 6) is 1.80. The van der Waals surface area contributed by atoms with Crippen molar-refractivity contribution < 1.29 is 4.42 Å². The summed E-state index contributed by atoms with van der Waals surface area (Å²) in [6.45, 7) is 3.73. The lowest BCUT2D eigenvalue weighted by Crippen LogP contribution is -2.45. The van der Waals surface area contributed by atoms with E-state index < -0.39 is 0 Å². The van der Waals surface area contributed by atoms with Gasteiger partial charge < -0.3 is 20.0 Å². The van der Waals surface area contributed by atoms with Crippen LogP contribution in [0.25, 0.3) is 0 Å². The molecule has 1 aliphatic heterocycles. The lowest BCUT2D eigenvalue weighted by atomic mass is 10.1. The zero-order valence-electron chi connectivity index (χ0n) is 17.8. The third-order valence-electron chi connectivity index (χ3n) is 5.34. The van der Waals surface area contributed by atoms with Crippen LogP contribution in [0.5, 0.6) is 0 Å². The Morgan fingerprint density at radius 1 is 1.28 bits per heavy atom. The molecule has 29 heavy (non-hydrogen) atoms. The highest BCUT2D eigenvalue weighted by Gasteiger charge is 2.25. The molecule has 0 radical (unpaired) electrons. The molecule has 1 aliphatic rings. The molecule has 3 heterocycles. The van der Waals surface area contributed by atoms with Gasteiger partial charge in [0, 0.05) is 38.9 Å². The molecule has 3 rings (SSSR count). The number of guanidine groups is 1. The molecular weight excluding hydrogens is 481 g/mol. The molecule has 0 aliphatic carbocycles. The minimum Gasteiger partial charge on any atom is -0.468 e. The van der Waals surface area contributed by atoms with E-state index in [1.54, 1.807) is 6.26 Å². The van der Waals surface area contributed by atoms with Gasteiger partial charge in [-0.25, -0.2) is 0 Å². The van der Waals surface area contributed by atoms with Crippen molar-refractivity contribution in [3.63, 3.8) is 0 Å². The van der Waals surface area contributed by atoms with Gasteiger partial charge in [0.05, 0.1) is 24.5 Å². The fraction of sp³-hybridized carbons (Fsp3) is 0.600. The first-order valence-electron chi connectivity index (χ1n) is 9.95. The first-order valence-corrected chi connectivity index (χ1v) is 9.95. The lowest BCUT2D eigenvalue weighted by molar-refractivity contribution is 0.215. The van der Waals surface area contributed by atoms with Crippen molar-refractivity contribution in [2.24, 2.45) is 12.0 Å². The van der Waals surface area contributed by atoms with Gasteiger partial charge in [0.1, 0.15) is 5.76 Å². The Hall–Kier alpha value is -1.59. The van der Waals surface area contributed by atoms with Crippen molar-refractivity contribution in [3.05, 3.63) is 42.1 Å². The van der Waals surface area contributed by atoms with Crippen LogP contribution in [0.4, 0.5) is 0 Å². The monoisotopic (exact) mass is 515 g/mol. The van der Waals surface area contributed by atoms with Gasteiger partial charge in [-0.2, -0.15) is 5.10 Å².